The van der Waals surface area contributed by atoms with Gasteiger partial charge >= 0.3 is 0 Å². The summed E-state index contributed by atoms with van der Waals surface area (Å²) in [5.41, 5.74) is 3.29. The van der Waals surface area contributed by atoms with Crippen molar-refractivity contribution in [2.75, 3.05) is 19.1 Å². The van der Waals surface area contributed by atoms with Gasteiger partial charge in [-0.15, -0.1) is 0 Å². The number of nitrogens with one attached hydrogen (secondary N) is 1. The van der Waals surface area contributed by atoms with Crippen molar-refractivity contribution in [3.63, 3.8) is 0 Å². The molecule has 0 fully saturated rings. The molecule has 4 nitrogen and oxygen atoms in total. The first kappa shape index (κ1) is 19.2. The minimum absolute atomic E-state index is 0.167. The summed E-state index contributed by atoms with van der Waals surface area (Å²) in [6, 6.07) is 13.9. The minimum atomic E-state index is 0.167. The van der Waals surface area contributed by atoms with Gasteiger partial charge in [-0.25, -0.2) is 0 Å². The molecule has 1 aliphatic carbocycles. The molecule has 1 heterocycles. The third kappa shape index (κ3) is 4.65. The van der Waals surface area contributed by atoms with Gasteiger partial charge in [-0.2, -0.15) is 11.8 Å². The maximum atomic E-state index is 12.2. The lowest BCUT2D eigenvalue weighted by Gasteiger charge is -2.23. The third-order valence-corrected chi connectivity index (χ3v) is 6.31. The predicted octanol–water partition coefficient (Wildman–Crippen LogP) is 4.92. The van der Waals surface area contributed by atoms with Crippen LogP contribution in [0.15, 0.2) is 54.2 Å². The second-order valence-corrected chi connectivity index (χ2v) is 8.44. The third-order valence-electron chi connectivity index (χ3n) is 4.93. The fourth-order valence-corrected chi connectivity index (χ4v) is 4.64. The van der Waals surface area contributed by atoms with Gasteiger partial charge in [0, 0.05) is 41.3 Å². The SMILES string of the molecule is O=C1C=C(NCCSCc2ccccc2Cl)CC(c2ccc3c(c2)OCO3)C1. The predicted molar refractivity (Wildman–Crippen MR) is 113 cm³/mol. The normalized spacial score (nSPS) is 18.1. The number of thioether (sulfide) groups is 1. The van der Waals surface area contributed by atoms with Gasteiger partial charge in [0.25, 0.3) is 0 Å². The van der Waals surface area contributed by atoms with Gasteiger partial charge in [-0.3, -0.25) is 4.79 Å². The summed E-state index contributed by atoms with van der Waals surface area (Å²) in [7, 11) is 0. The molecule has 0 bridgehead atoms. The van der Waals surface area contributed by atoms with Crippen LogP contribution in [0, 0.1) is 0 Å². The molecule has 0 saturated carbocycles. The molecule has 6 heteroatoms. The Morgan fingerprint density at radius 1 is 1.11 bits per heavy atom. The molecule has 2 aromatic rings. The monoisotopic (exact) mass is 415 g/mol. The molecular weight excluding hydrogens is 394 g/mol. The first-order chi connectivity index (χ1) is 13.7. The molecule has 2 aromatic carbocycles. The van der Waals surface area contributed by atoms with Crippen molar-refractivity contribution in [2.24, 2.45) is 0 Å². The number of halogens is 1. The summed E-state index contributed by atoms with van der Waals surface area (Å²) in [4.78, 5) is 12.2. The maximum Gasteiger partial charge on any atom is 0.231 e. The number of benzene rings is 2. The lowest BCUT2D eigenvalue weighted by Crippen LogP contribution is -2.23. The second kappa shape index (κ2) is 8.93. The lowest BCUT2D eigenvalue weighted by molar-refractivity contribution is -0.115. The summed E-state index contributed by atoms with van der Waals surface area (Å²) >= 11 is 8.02. The number of allylic oxidation sites excluding steroid dienone is 2. The second-order valence-electron chi connectivity index (χ2n) is 6.92. The summed E-state index contributed by atoms with van der Waals surface area (Å²) in [6.07, 6.45) is 3.12. The molecule has 1 N–H and O–H groups in total. The molecule has 146 valence electrons. The number of fused-ring (bicyclic) bond motifs is 1. The van der Waals surface area contributed by atoms with E-state index in [0.29, 0.717) is 6.42 Å². The van der Waals surface area contributed by atoms with Gasteiger partial charge in [0.15, 0.2) is 17.3 Å². The topological polar surface area (TPSA) is 47.6 Å². The highest BCUT2D eigenvalue weighted by molar-refractivity contribution is 7.98. The van der Waals surface area contributed by atoms with E-state index < -0.39 is 0 Å². The van der Waals surface area contributed by atoms with E-state index in [9.17, 15) is 4.79 Å². The Morgan fingerprint density at radius 2 is 1.96 bits per heavy atom. The van der Waals surface area contributed by atoms with E-state index in [-0.39, 0.29) is 18.5 Å². The van der Waals surface area contributed by atoms with Crippen LogP contribution >= 0.6 is 23.4 Å². The van der Waals surface area contributed by atoms with E-state index in [1.165, 1.54) is 0 Å². The fraction of sp³-hybridized carbons (Fsp3) is 0.318. The van der Waals surface area contributed by atoms with E-state index in [2.05, 4.69) is 11.4 Å². The van der Waals surface area contributed by atoms with Crippen molar-refractivity contribution in [1.29, 1.82) is 0 Å². The molecule has 4 rings (SSSR count). The van der Waals surface area contributed by atoms with Gasteiger partial charge in [-0.05, 0) is 41.7 Å². The number of hydrogen-bond acceptors (Lipinski definition) is 5. The van der Waals surface area contributed by atoms with E-state index in [0.717, 1.165) is 57.8 Å². The van der Waals surface area contributed by atoms with Crippen molar-refractivity contribution >= 4 is 29.1 Å². The van der Waals surface area contributed by atoms with Crippen LogP contribution in [0.3, 0.4) is 0 Å². The molecule has 1 atom stereocenters. The highest BCUT2D eigenvalue weighted by Gasteiger charge is 2.24. The summed E-state index contributed by atoms with van der Waals surface area (Å²) in [5, 5.41) is 4.25. The zero-order valence-corrected chi connectivity index (χ0v) is 17.0. The highest BCUT2D eigenvalue weighted by atomic mass is 35.5. The number of rotatable bonds is 7. The molecule has 28 heavy (non-hydrogen) atoms. The van der Waals surface area contributed by atoms with E-state index >= 15 is 0 Å². The quantitative estimate of drug-likeness (QED) is 0.650. The molecule has 1 unspecified atom stereocenters. The summed E-state index contributed by atoms with van der Waals surface area (Å²) < 4.78 is 10.8. The molecule has 0 saturated heterocycles. The Kier molecular flexibility index (Phi) is 6.13. The van der Waals surface area contributed by atoms with Crippen LogP contribution in [0.1, 0.15) is 29.9 Å². The minimum Gasteiger partial charge on any atom is -0.454 e. The van der Waals surface area contributed by atoms with E-state index in [1.54, 1.807) is 6.08 Å². The van der Waals surface area contributed by atoms with Gasteiger partial charge in [0.1, 0.15) is 0 Å². The van der Waals surface area contributed by atoms with Gasteiger partial charge in [0.2, 0.25) is 6.79 Å². The average Bonchev–Trinajstić information content (AvgIpc) is 3.16. The lowest BCUT2D eigenvalue weighted by atomic mass is 9.85. The zero-order valence-electron chi connectivity index (χ0n) is 15.4. The molecular formula is C22H22ClNO3S. The summed E-state index contributed by atoms with van der Waals surface area (Å²) in [6.45, 7) is 1.09. The van der Waals surface area contributed by atoms with Crippen LogP contribution in [0.4, 0.5) is 0 Å². The Labute approximate surface area is 174 Å². The molecule has 1 aliphatic heterocycles. The van der Waals surface area contributed by atoms with Crippen molar-refractivity contribution in [3.8, 4) is 11.5 Å². The highest BCUT2D eigenvalue weighted by Crippen LogP contribution is 2.38. The van der Waals surface area contributed by atoms with Crippen LogP contribution in [-0.4, -0.2) is 24.9 Å². The first-order valence-electron chi connectivity index (χ1n) is 9.37. The number of carbonyl (C=O) groups is 1. The van der Waals surface area contributed by atoms with Crippen molar-refractivity contribution < 1.29 is 14.3 Å². The van der Waals surface area contributed by atoms with E-state index in [1.807, 2.05) is 48.2 Å². The molecule has 0 spiro atoms. The van der Waals surface area contributed by atoms with Gasteiger partial charge < -0.3 is 14.8 Å². The number of ether oxygens (including phenoxy) is 2. The standard InChI is InChI=1S/C22H22ClNO3S/c23-20-4-2-1-3-16(20)13-28-8-7-24-18-9-17(10-19(25)12-18)15-5-6-21-22(11-15)27-14-26-21/h1-6,11-12,17,24H,7-10,13-14H2. The van der Waals surface area contributed by atoms with Crippen LogP contribution in [-0.2, 0) is 10.5 Å². The van der Waals surface area contributed by atoms with Crippen LogP contribution in [0.5, 0.6) is 11.5 Å². The Hall–Kier alpha value is -2.11. The maximum absolute atomic E-state index is 12.2. The van der Waals surface area contributed by atoms with Crippen molar-refractivity contribution in [3.05, 3.63) is 70.4 Å². The molecule has 0 radical (unpaired) electrons. The van der Waals surface area contributed by atoms with E-state index in [4.69, 9.17) is 21.1 Å². The summed E-state index contributed by atoms with van der Waals surface area (Å²) in [5.74, 6) is 3.72. The van der Waals surface area contributed by atoms with Crippen molar-refractivity contribution in [2.45, 2.75) is 24.5 Å². The number of hydrogen-bond donors (Lipinski definition) is 1. The van der Waals surface area contributed by atoms with Crippen LogP contribution in [0.2, 0.25) is 5.02 Å². The molecule has 0 amide bonds. The largest absolute Gasteiger partial charge is 0.454 e. The van der Waals surface area contributed by atoms with Crippen LogP contribution < -0.4 is 14.8 Å². The van der Waals surface area contributed by atoms with Crippen molar-refractivity contribution in [1.82, 2.24) is 5.32 Å². The molecule has 0 aromatic heterocycles. The van der Waals surface area contributed by atoms with Gasteiger partial charge in [0.05, 0.1) is 0 Å². The number of ketones is 1. The molecule has 2 aliphatic rings. The zero-order chi connectivity index (χ0) is 19.3. The Bertz CT molecular complexity index is 899. The first-order valence-corrected chi connectivity index (χ1v) is 10.9. The Morgan fingerprint density at radius 3 is 2.86 bits per heavy atom. The average molecular weight is 416 g/mol. The number of carbonyl (C=O) groups excluding carboxylic acids is 1. The van der Waals surface area contributed by atoms with Gasteiger partial charge in [-0.1, -0.05) is 35.9 Å². The smallest absolute Gasteiger partial charge is 0.231 e. The Balaban J connectivity index is 1.28. The van der Waals surface area contributed by atoms with Crippen LogP contribution in [0.25, 0.3) is 0 Å². The fourth-order valence-electron chi connectivity index (χ4n) is 3.50.